The van der Waals surface area contributed by atoms with Crippen molar-refractivity contribution >= 4 is 17.9 Å². The second kappa shape index (κ2) is 11.0. The summed E-state index contributed by atoms with van der Waals surface area (Å²) in [6.07, 6.45) is -8.44. The second-order valence-corrected chi connectivity index (χ2v) is 3.84. The minimum atomic E-state index is -5.08. The highest BCUT2D eigenvalue weighted by molar-refractivity contribution is 5.73. The molecule has 0 unspecified atom stereocenters. The Morgan fingerprint density at radius 3 is 1.80 bits per heavy atom. The molecule has 0 radical (unpaired) electrons. The largest absolute Gasteiger partial charge is 0.490 e. The van der Waals surface area contributed by atoms with Gasteiger partial charge in [0, 0.05) is 25.0 Å². The van der Waals surface area contributed by atoms with Crippen molar-refractivity contribution in [2.24, 2.45) is 5.73 Å². The van der Waals surface area contributed by atoms with Gasteiger partial charge in [0.05, 0.1) is 0 Å². The molecule has 144 valence electrons. The maximum absolute atomic E-state index is 10.6. The lowest BCUT2D eigenvalue weighted by atomic mass is 10.5. The van der Waals surface area contributed by atoms with Gasteiger partial charge in [-0.2, -0.15) is 26.3 Å². The number of nitrogens with two attached hydrogens (primary N) is 1. The van der Waals surface area contributed by atoms with E-state index in [-0.39, 0.29) is 0 Å². The number of aromatic nitrogens is 2. The summed E-state index contributed by atoms with van der Waals surface area (Å²) < 4.78 is 63.5. The highest BCUT2D eigenvalue weighted by Gasteiger charge is 2.38. The van der Waals surface area contributed by atoms with E-state index in [1.807, 2.05) is 13.0 Å². The molecule has 1 heterocycles. The van der Waals surface area contributed by atoms with Crippen LogP contribution in [0.15, 0.2) is 12.3 Å². The van der Waals surface area contributed by atoms with Crippen LogP contribution in [0.25, 0.3) is 0 Å². The number of hydrogen-bond acceptors (Lipinski definition) is 6. The molecular formula is C11H14F6N4O4. The van der Waals surface area contributed by atoms with Gasteiger partial charge >= 0.3 is 24.3 Å². The molecular weight excluding hydrogens is 366 g/mol. The smallest absolute Gasteiger partial charge is 0.475 e. The molecule has 0 fully saturated rings. The Hall–Kier alpha value is -2.64. The zero-order valence-corrected chi connectivity index (χ0v) is 12.5. The van der Waals surface area contributed by atoms with E-state index in [4.69, 9.17) is 25.5 Å². The van der Waals surface area contributed by atoms with Crippen LogP contribution in [-0.4, -0.2) is 57.6 Å². The van der Waals surface area contributed by atoms with E-state index in [0.29, 0.717) is 19.0 Å². The third-order valence-electron chi connectivity index (χ3n) is 1.71. The lowest BCUT2D eigenvalue weighted by Gasteiger charge is -2.01. The molecule has 1 rings (SSSR count). The average molecular weight is 380 g/mol. The van der Waals surface area contributed by atoms with Crippen LogP contribution in [0.1, 0.15) is 5.69 Å². The molecule has 0 saturated carbocycles. The quantitative estimate of drug-likeness (QED) is 0.578. The number of hydrogen-bond donors (Lipinski definition) is 4. The summed E-state index contributed by atoms with van der Waals surface area (Å²) >= 11 is 0. The number of nitrogens with one attached hydrogen (secondary N) is 1. The van der Waals surface area contributed by atoms with E-state index in [1.165, 1.54) is 0 Å². The summed E-state index contributed by atoms with van der Waals surface area (Å²) in [6, 6.07) is 1.85. The van der Waals surface area contributed by atoms with Crippen LogP contribution >= 0.6 is 0 Å². The highest BCUT2D eigenvalue weighted by atomic mass is 19.4. The zero-order valence-electron chi connectivity index (χ0n) is 12.5. The molecule has 0 saturated heterocycles. The van der Waals surface area contributed by atoms with E-state index >= 15 is 0 Å². The number of anilines is 1. The zero-order chi connectivity index (χ0) is 20.3. The molecule has 0 aliphatic heterocycles. The first-order valence-electron chi connectivity index (χ1n) is 6.05. The summed E-state index contributed by atoms with van der Waals surface area (Å²) in [5.74, 6) is -4.87. The summed E-state index contributed by atoms with van der Waals surface area (Å²) in [4.78, 5) is 25.9. The minimum absolute atomic E-state index is 0.595. The fraction of sp³-hybridized carbons (Fsp3) is 0.455. The summed E-state index contributed by atoms with van der Waals surface area (Å²) in [5, 5.41) is 17.2. The molecule has 0 aromatic carbocycles. The van der Waals surface area contributed by atoms with Gasteiger partial charge in [-0.1, -0.05) is 0 Å². The number of carbonyl (C=O) groups is 2. The first-order chi connectivity index (χ1) is 11.2. The monoisotopic (exact) mass is 380 g/mol. The normalized spacial score (nSPS) is 10.6. The van der Waals surface area contributed by atoms with Crippen molar-refractivity contribution in [2.45, 2.75) is 19.3 Å². The van der Waals surface area contributed by atoms with Crippen molar-refractivity contribution < 1.29 is 46.1 Å². The van der Waals surface area contributed by atoms with Gasteiger partial charge < -0.3 is 21.3 Å². The number of rotatable bonds is 3. The first kappa shape index (κ1) is 24.6. The van der Waals surface area contributed by atoms with Crippen LogP contribution in [0.3, 0.4) is 0 Å². The molecule has 8 nitrogen and oxygen atoms in total. The molecule has 0 bridgehead atoms. The fourth-order valence-electron chi connectivity index (χ4n) is 0.718. The highest BCUT2D eigenvalue weighted by Crippen LogP contribution is 2.13. The van der Waals surface area contributed by atoms with Crippen LogP contribution in [0.2, 0.25) is 0 Å². The number of aryl methyl sites for hydroxylation is 1. The summed E-state index contributed by atoms with van der Waals surface area (Å²) in [5.41, 5.74) is 6.25. The van der Waals surface area contributed by atoms with Crippen LogP contribution in [0, 0.1) is 6.92 Å². The van der Waals surface area contributed by atoms with E-state index in [0.717, 1.165) is 5.69 Å². The van der Waals surface area contributed by atoms with E-state index in [1.54, 1.807) is 6.20 Å². The Bertz CT molecular complexity index is 526. The Kier molecular flexibility index (Phi) is 10.8. The molecule has 0 atom stereocenters. The SMILES string of the molecule is Cc1ccnc(NCCN)n1.O=C(O)C(F)(F)F.O=C(O)C(F)(F)F. The van der Waals surface area contributed by atoms with Crippen molar-refractivity contribution in [1.29, 1.82) is 0 Å². The van der Waals surface area contributed by atoms with Crippen molar-refractivity contribution in [3.8, 4) is 0 Å². The molecule has 1 aromatic heterocycles. The molecule has 5 N–H and O–H groups in total. The third-order valence-corrected chi connectivity index (χ3v) is 1.71. The minimum Gasteiger partial charge on any atom is -0.475 e. The first-order valence-corrected chi connectivity index (χ1v) is 6.05. The van der Waals surface area contributed by atoms with Crippen molar-refractivity contribution in [2.75, 3.05) is 18.4 Å². The number of nitrogens with zero attached hydrogens (tertiary/aromatic N) is 2. The van der Waals surface area contributed by atoms with Gasteiger partial charge in [-0.15, -0.1) is 0 Å². The van der Waals surface area contributed by atoms with Crippen LogP contribution < -0.4 is 11.1 Å². The molecule has 25 heavy (non-hydrogen) atoms. The number of alkyl halides is 6. The molecule has 0 aliphatic rings. The van der Waals surface area contributed by atoms with E-state index in [9.17, 15) is 26.3 Å². The van der Waals surface area contributed by atoms with Gasteiger partial charge in [-0.3, -0.25) is 0 Å². The summed E-state index contributed by atoms with van der Waals surface area (Å²) in [7, 11) is 0. The average Bonchev–Trinajstić information content (AvgIpc) is 2.44. The van der Waals surface area contributed by atoms with Crippen molar-refractivity contribution in [3.63, 3.8) is 0 Å². The Morgan fingerprint density at radius 2 is 1.52 bits per heavy atom. The van der Waals surface area contributed by atoms with Crippen molar-refractivity contribution in [3.05, 3.63) is 18.0 Å². The van der Waals surface area contributed by atoms with Gasteiger partial charge in [-0.25, -0.2) is 19.6 Å². The van der Waals surface area contributed by atoms with Crippen LogP contribution in [-0.2, 0) is 9.59 Å². The van der Waals surface area contributed by atoms with Gasteiger partial charge in [0.2, 0.25) is 5.95 Å². The second-order valence-electron chi connectivity index (χ2n) is 3.84. The summed E-state index contributed by atoms with van der Waals surface area (Å²) in [6.45, 7) is 3.23. The lowest BCUT2D eigenvalue weighted by Crippen LogP contribution is -2.21. The Balaban J connectivity index is 0. The fourth-order valence-corrected chi connectivity index (χ4v) is 0.718. The predicted molar refractivity (Wildman–Crippen MR) is 71.7 cm³/mol. The Labute approximate surface area is 136 Å². The van der Waals surface area contributed by atoms with E-state index in [2.05, 4.69) is 15.3 Å². The predicted octanol–water partition coefficient (Wildman–Crippen LogP) is 1.42. The van der Waals surface area contributed by atoms with Gasteiger partial charge in [-0.05, 0) is 13.0 Å². The van der Waals surface area contributed by atoms with Gasteiger partial charge in [0.15, 0.2) is 0 Å². The maximum Gasteiger partial charge on any atom is 0.490 e. The topological polar surface area (TPSA) is 138 Å². The number of aliphatic carboxylic acids is 2. The molecule has 1 aromatic rings. The maximum atomic E-state index is 10.6. The van der Waals surface area contributed by atoms with Crippen LogP contribution in [0.4, 0.5) is 32.3 Å². The van der Waals surface area contributed by atoms with Gasteiger partial charge in [0.25, 0.3) is 0 Å². The third kappa shape index (κ3) is 14.7. The van der Waals surface area contributed by atoms with Crippen molar-refractivity contribution in [1.82, 2.24) is 9.97 Å². The number of carboxylic acid groups (broad SMARTS) is 2. The molecule has 14 heteroatoms. The molecule has 0 amide bonds. The molecule has 0 spiro atoms. The van der Waals surface area contributed by atoms with Crippen LogP contribution in [0.5, 0.6) is 0 Å². The van der Waals surface area contributed by atoms with Gasteiger partial charge in [0.1, 0.15) is 0 Å². The Morgan fingerprint density at radius 1 is 1.12 bits per heavy atom. The lowest BCUT2D eigenvalue weighted by molar-refractivity contribution is -0.193. The number of halogens is 6. The standard InChI is InChI=1S/C7H12N4.2C2HF3O2/c1-6-2-4-9-7(11-6)10-5-3-8;2*3-2(4,5)1(6)7/h2,4H,3,5,8H2,1H3,(H,9,10,11);2*(H,6,7). The molecule has 0 aliphatic carbocycles. The van der Waals surface area contributed by atoms with E-state index < -0.39 is 24.3 Å². The number of carboxylic acids is 2.